The number of benzene rings is 2. The normalized spacial score (nSPS) is 14.0. The van der Waals surface area contributed by atoms with Gasteiger partial charge in [0.1, 0.15) is 0 Å². The molecule has 0 unspecified atom stereocenters. The maximum atomic E-state index is 12.6. The van der Waals surface area contributed by atoms with Crippen LogP contribution in [0.1, 0.15) is 15.9 Å². The summed E-state index contributed by atoms with van der Waals surface area (Å²) >= 11 is 6.02. The van der Waals surface area contributed by atoms with E-state index in [0.29, 0.717) is 42.5 Å². The molecule has 0 radical (unpaired) electrons. The number of nitrogens with one attached hydrogen (secondary N) is 1. The van der Waals surface area contributed by atoms with E-state index in [9.17, 15) is 9.59 Å². The van der Waals surface area contributed by atoms with Crippen molar-refractivity contribution in [3.8, 4) is 0 Å². The van der Waals surface area contributed by atoms with E-state index in [2.05, 4.69) is 10.2 Å². The molecule has 27 heavy (non-hydrogen) atoms. The van der Waals surface area contributed by atoms with Crippen molar-refractivity contribution in [2.24, 2.45) is 0 Å². The Kier molecular flexibility index (Phi) is 5.86. The highest BCUT2D eigenvalue weighted by molar-refractivity contribution is 6.31. The molecule has 6 nitrogen and oxygen atoms in total. The first kappa shape index (κ1) is 19.0. The van der Waals surface area contributed by atoms with Gasteiger partial charge in [0.25, 0.3) is 0 Å². The summed E-state index contributed by atoms with van der Waals surface area (Å²) in [6, 6.07) is 12.6. The van der Waals surface area contributed by atoms with Gasteiger partial charge in [0, 0.05) is 36.9 Å². The van der Waals surface area contributed by atoms with Gasteiger partial charge in [-0.3, -0.25) is 0 Å². The Bertz CT molecular complexity index is 848. The van der Waals surface area contributed by atoms with Crippen LogP contribution in [0.4, 0.5) is 16.2 Å². The minimum Gasteiger partial charge on any atom is -0.465 e. The number of amides is 2. The minimum absolute atomic E-state index is 0.152. The molecule has 1 fully saturated rings. The first-order valence-electron chi connectivity index (χ1n) is 8.74. The minimum atomic E-state index is -0.359. The summed E-state index contributed by atoms with van der Waals surface area (Å²) in [4.78, 5) is 28.4. The Morgan fingerprint density at radius 3 is 2.48 bits per heavy atom. The monoisotopic (exact) mass is 387 g/mol. The molecule has 0 atom stereocenters. The number of nitrogens with zero attached hydrogens (tertiary/aromatic N) is 2. The molecule has 7 heteroatoms. The summed E-state index contributed by atoms with van der Waals surface area (Å²) < 4.78 is 4.86. The smallest absolute Gasteiger partial charge is 0.339 e. The highest BCUT2D eigenvalue weighted by Crippen LogP contribution is 2.24. The summed E-state index contributed by atoms with van der Waals surface area (Å²) in [6.07, 6.45) is 0. The molecular weight excluding hydrogens is 366 g/mol. The molecule has 1 aliphatic heterocycles. The van der Waals surface area contributed by atoms with E-state index in [4.69, 9.17) is 16.3 Å². The van der Waals surface area contributed by atoms with Gasteiger partial charge in [0.15, 0.2) is 0 Å². The summed E-state index contributed by atoms with van der Waals surface area (Å²) in [5.74, 6) is -0.359. The van der Waals surface area contributed by atoms with Crippen LogP contribution in [0.3, 0.4) is 0 Å². The third-order valence-corrected chi connectivity index (χ3v) is 4.89. The van der Waals surface area contributed by atoms with E-state index in [1.807, 2.05) is 31.2 Å². The number of carbonyl (C=O) groups excluding carboxylic acids is 2. The largest absolute Gasteiger partial charge is 0.465 e. The molecule has 2 aromatic rings. The lowest BCUT2D eigenvalue weighted by Crippen LogP contribution is -2.50. The van der Waals surface area contributed by atoms with Crippen molar-refractivity contribution in [3.63, 3.8) is 0 Å². The fourth-order valence-corrected chi connectivity index (χ4v) is 3.28. The van der Waals surface area contributed by atoms with Crippen LogP contribution in [0.5, 0.6) is 0 Å². The van der Waals surface area contributed by atoms with Crippen molar-refractivity contribution in [1.29, 1.82) is 0 Å². The maximum Gasteiger partial charge on any atom is 0.339 e. The lowest BCUT2D eigenvalue weighted by molar-refractivity contribution is 0.0601. The van der Waals surface area contributed by atoms with E-state index in [1.54, 1.807) is 23.1 Å². The van der Waals surface area contributed by atoms with Gasteiger partial charge in [-0.15, -0.1) is 0 Å². The molecule has 1 N–H and O–H groups in total. The maximum absolute atomic E-state index is 12.6. The topological polar surface area (TPSA) is 61.9 Å². The zero-order valence-corrected chi connectivity index (χ0v) is 16.1. The predicted molar refractivity (Wildman–Crippen MR) is 107 cm³/mol. The third kappa shape index (κ3) is 4.34. The molecule has 1 saturated heterocycles. The van der Waals surface area contributed by atoms with Crippen LogP contribution in [0, 0.1) is 6.92 Å². The van der Waals surface area contributed by atoms with Crippen LogP contribution >= 0.6 is 11.6 Å². The van der Waals surface area contributed by atoms with Crippen LogP contribution in [0.15, 0.2) is 42.5 Å². The number of ether oxygens (including phenoxy) is 1. The average Bonchev–Trinajstić information content (AvgIpc) is 2.70. The number of anilines is 2. The summed E-state index contributed by atoms with van der Waals surface area (Å²) in [5.41, 5.74) is 3.03. The molecule has 2 aromatic carbocycles. The fraction of sp³-hybridized carbons (Fsp3) is 0.300. The molecular formula is C20H22ClN3O3. The number of hydrogen-bond acceptors (Lipinski definition) is 4. The molecule has 1 heterocycles. The number of rotatable bonds is 3. The van der Waals surface area contributed by atoms with Gasteiger partial charge in [0.2, 0.25) is 0 Å². The summed E-state index contributed by atoms with van der Waals surface area (Å²) in [6.45, 7) is 4.31. The fourth-order valence-electron chi connectivity index (χ4n) is 3.11. The lowest BCUT2D eigenvalue weighted by atomic mass is 10.1. The van der Waals surface area contributed by atoms with Gasteiger partial charge >= 0.3 is 12.0 Å². The number of aryl methyl sites for hydroxylation is 1. The zero-order valence-electron chi connectivity index (χ0n) is 15.4. The average molecular weight is 388 g/mol. The second-order valence-corrected chi connectivity index (χ2v) is 6.81. The third-order valence-electron chi connectivity index (χ3n) is 4.66. The predicted octanol–water partition coefficient (Wildman–Crippen LogP) is 3.79. The van der Waals surface area contributed by atoms with E-state index in [1.165, 1.54) is 7.11 Å². The highest BCUT2D eigenvalue weighted by atomic mass is 35.5. The number of esters is 1. The zero-order chi connectivity index (χ0) is 19.4. The number of hydrogen-bond donors (Lipinski definition) is 1. The standard InChI is InChI=1S/C20H22ClN3O3/c1-14-7-8-15(21)13-17(14)22-20(26)24-11-9-23(10-12-24)18-6-4-3-5-16(18)19(25)27-2/h3-8,13H,9-12H2,1-2H3,(H,22,26). The van der Waals surface area contributed by atoms with Gasteiger partial charge in [-0.1, -0.05) is 29.8 Å². The second kappa shape index (κ2) is 8.31. The van der Waals surface area contributed by atoms with Gasteiger partial charge in [-0.2, -0.15) is 0 Å². The SMILES string of the molecule is COC(=O)c1ccccc1N1CCN(C(=O)Nc2cc(Cl)ccc2C)CC1. The lowest BCUT2D eigenvalue weighted by Gasteiger charge is -2.36. The molecule has 2 amide bonds. The van der Waals surface area contributed by atoms with Gasteiger partial charge in [-0.05, 0) is 36.8 Å². The van der Waals surface area contributed by atoms with Crippen molar-refractivity contribution < 1.29 is 14.3 Å². The number of piperazine rings is 1. The molecule has 0 saturated carbocycles. The Hall–Kier alpha value is -2.73. The Morgan fingerprint density at radius 1 is 1.07 bits per heavy atom. The van der Waals surface area contributed by atoms with E-state index >= 15 is 0 Å². The molecule has 0 aromatic heterocycles. The summed E-state index contributed by atoms with van der Waals surface area (Å²) in [5, 5.41) is 3.51. The van der Waals surface area contributed by atoms with Gasteiger partial charge in [-0.25, -0.2) is 9.59 Å². The van der Waals surface area contributed by atoms with Gasteiger partial charge < -0.3 is 19.9 Å². The Labute approximate surface area is 163 Å². The molecule has 0 spiro atoms. The first-order chi connectivity index (χ1) is 13.0. The van der Waals surface area contributed by atoms with Crippen molar-refractivity contribution in [3.05, 3.63) is 58.6 Å². The second-order valence-electron chi connectivity index (χ2n) is 6.37. The molecule has 1 aliphatic rings. The van der Waals surface area contributed by atoms with Crippen LogP contribution < -0.4 is 10.2 Å². The van der Waals surface area contributed by atoms with E-state index in [0.717, 1.165) is 11.3 Å². The van der Waals surface area contributed by atoms with Crippen molar-refractivity contribution >= 4 is 35.0 Å². The van der Waals surface area contributed by atoms with Crippen molar-refractivity contribution in [2.45, 2.75) is 6.92 Å². The number of urea groups is 1. The highest BCUT2D eigenvalue weighted by Gasteiger charge is 2.24. The van der Waals surface area contributed by atoms with Crippen LogP contribution in [0.2, 0.25) is 5.02 Å². The molecule has 0 aliphatic carbocycles. The number of halogens is 1. The van der Waals surface area contributed by atoms with Crippen LogP contribution in [0.25, 0.3) is 0 Å². The molecule has 142 valence electrons. The molecule has 0 bridgehead atoms. The number of carbonyl (C=O) groups is 2. The number of para-hydroxylation sites is 1. The van der Waals surface area contributed by atoms with Crippen LogP contribution in [-0.4, -0.2) is 50.2 Å². The quantitative estimate of drug-likeness (QED) is 0.814. The molecule has 3 rings (SSSR count). The van der Waals surface area contributed by atoms with E-state index in [-0.39, 0.29) is 12.0 Å². The van der Waals surface area contributed by atoms with Crippen LogP contribution in [-0.2, 0) is 4.74 Å². The van der Waals surface area contributed by atoms with Crippen molar-refractivity contribution in [2.75, 3.05) is 43.5 Å². The van der Waals surface area contributed by atoms with Gasteiger partial charge in [0.05, 0.1) is 18.4 Å². The Balaban J connectivity index is 1.65. The Morgan fingerprint density at radius 2 is 1.78 bits per heavy atom. The van der Waals surface area contributed by atoms with Crippen molar-refractivity contribution in [1.82, 2.24) is 4.90 Å². The number of methoxy groups -OCH3 is 1. The first-order valence-corrected chi connectivity index (χ1v) is 9.12. The van der Waals surface area contributed by atoms with E-state index < -0.39 is 0 Å². The summed E-state index contributed by atoms with van der Waals surface area (Å²) in [7, 11) is 1.37.